The molecule has 2 rings (SSSR count). The molecule has 0 radical (unpaired) electrons. The Hall–Kier alpha value is -0.660. The van der Waals surface area contributed by atoms with Crippen LogP contribution in [0.15, 0.2) is 0 Å². The van der Waals surface area contributed by atoms with E-state index in [2.05, 4.69) is 15.0 Å². The van der Waals surface area contributed by atoms with Crippen molar-refractivity contribution in [2.45, 2.75) is 37.9 Å². The van der Waals surface area contributed by atoms with Crippen LogP contribution in [-0.2, 0) is 22.9 Å². The van der Waals surface area contributed by atoms with Crippen LogP contribution in [0.2, 0.25) is 0 Å². The third-order valence-electron chi connectivity index (χ3n) is 3.10. The standard InChI is InChI=1S/C11H19N3O2S2/c1-8(7-12-2)18(15,16)14-11-13-9-5-3-4-6-10(9)17-11/h8,12H,3-7H2,1-2H3,(H,13,14). The molecule has 0 saturated heterocycles. The van der Waals surface area contributed by atoms with Gasteiger partial charge < -0.3 is 5.32 Å². The number of thiazole rings is 1. The number of anilines is 1. The Balaban J connectivity index is 2.11. The van der Waals surface area contributed by atoms with E-state index in [1.807, 2.05) is 0 Å². The van der Waals surface area contributed by atoms with Gasteiger partial charge in [0.2, 0.25) is 10.0 Å². The van der Waals surface area contributed by atoms with E-state index in [1.165, 1.54) is 22.6 Å². The molecule has 0 fully saturated rings. The number of fused-ring (bicyclic) bond motifs is 1. The van der Waals surface area contributed by atoms with Crippen LogP contribution in [0.1, 0.15) is 30.3 Å². The smallest absolute Gasteiger partial charge is 0.238 e. The summed E-state index contributed by atoms with van der Waals surface area (Å²) in [6.45, 7) is 2.12. The predicted octanol–water partition coefficient (Wildman–Crippen LogP) is 1.37. The summed E-state index contributed by atoms with van der Waals surface area (Å²) in [6.07, 6.45) is 4.33. The Morgan fingerprint density at radius 2 is 2.11 bits per heavy atom. The van der Waals surface area contributed by atoms with Crippen molar-refractivity contribution in [3.05, 3.63) is 10.6 Å². The zero-order valence-corrected chi connectivity index (χ0v) is 12.3. The first kappa shape index (κ1) is 13.8. The SMILES string of the molecule is CNCC(C)S(=O)(=O)Nc1nc2c(s1)CCCC2. The average molecular weight is 289 g/mol. The molecule has 5 nitrogen and oxygen atoms in total. The lowest BCUT2D eigenvalue weighted by Crippen LogP contribution is -2.33. The van der Waals surface area contributed by atoms with Crippen molar-refractivity contribution < 1.29 is 8.42 Å². The Labute approximate surface area is 112 Å². The first-order chi connectivity index (χ1) is 8.53. The molecule has 0 bridgehead atoms. The summed E-state index contributed by atoms with van der Waals surface area (Å²) in [4.78, 5) is 5.62. The molecule has 0 amide bonds. The molecule has 1 unspecified atom stereocenters. The number of rotatable bonds is 5. The highest BCUT2D eigenvalue weighted by Gasteiger charge is 2.23. The Morgan fingerprint density at radius 1 is 1.39 bits per heavy atom. The fraction of sp³-hybridized carbons (Fsp3) is 0.727. The van der Waals surface area contributed by atoms with Crippen LogP contribution in [0.4, 0.5) is 5.13 Å². The van der Waals surface area contributed by atoms with E-state index in [-0.39, 0.29) is 0 Å². The van der Waals surface area contributed by atoms with E-state index < -0.39 is 15.3 Å². The van der Waals surface area contributed by atoms with E-state index in [0.29, 0.717) is 11.7 Å². The molecule has 1 aromatic heterocycles. The van der Waals surface area contributed by atoms with Crippen molar-refractivity contribution in [3.8, 4) is 0 Å². The van der Waals surface area contributed by atoms with E-state index in [1.54, 1.807) is 14.0 Å². The largest absolute Gasteiger partial charge is 0.318 e. The van der Waals surface area contributed by atoms with Gasteiger partial charge in [-0.2, -0.15) is 0 Å². The molecule has 1 atom stereocenters. The highest BCUT2D eigenvalue weighted by Crippen LogP contribution is 2.30. The zero-order chi connectivity index (χ0) is 13.2. The van der Waals surface area contributed by atoms with Crippen molar-refractivity contribution in [2.24, 2.45) is 0 Å². The Bertz CT molecular complexity index is 487. The van der Waals surface area contributed by atoms with Crippen LogP contribution >= 0.6 is 11.3 Å². The second-order valence-corrected chi connectivity index (χ2v) is 7.79. The van der Waals surface area contributed by atoms with Crippen LogP contribution in [0.5, 0.6) is 0 Å². The van der Waals surface area contributed by atoms with Gasteiger partial charge in [-0.25, -0.2) is 13.4 Å². The second-order valence-electron chi connectivity index (χ2n) is 4.61. The fourth-order valence-electron chi connectivity index (χ4n) is 2.02. The van der Waals surface area contributed by atoms with Crippen molar-refractivity contribution in [3.63, 3.8) is 0 Å². The van der Waals surface area contributed by atoms with Gasteiger partial charge >= 0.3 is 0 Å². The van der Waals surface area contributed by atoms with Crippen molar-refractivity contribution in [1.29, 1.82) is 0 Å². The maximum atomic E-state index is 12.0. The summed E-state index contributed by atoms with van der Waals surface area (Å²) in [6, 6.07) is 0. The molecule has 2 N–H and O–H groups in total. The fourth-order valence-corrected chi connectivity index (χ4v) is 4.31. The molecule has 1 heterocycles. The zero-order valence-electron chi connectivity index (χ0n) is 10.7. The molecule has 7 heteroatoms. The number of nitrogens with zero attached hydrogens (tertiary/aromatic N) is 1. The topological polar surface area (TPSA) is 71.1 Å². The third-order valence-corrected chi connectivity index (χ3v) is 6.00. The van der Waals surface area contributed by atoms with Crippen LogP contribution in [0.25, 0.3) is 0 Å². The Morgan fingerprint density at radius 3 is 2.78 bits per heavy atom. The second kappa shape index (κ2) is 5.54. The third kappa shape index (κ3) is 3.02. The van der Waals surface area contributed by atoms with E-state index in [9.17, 15) is 8.42 Å². The van der Waals surface area contributed by atoms with Gasteiger partial charge in [-0.05, 0) is 39.7 Å². The number of hydrogen-bond donors (Lipinski definition) is 2. The summed E-state index contributed by atoms with van der Waals surface area (Å²) in [5.74, 6) is 0. The summed E-state index contributed by atoms with van der Waals surface area (Å²) >= 11 is 1.48. The van der Waals surface area contributed by atoms with E-state index >= 15 is 0 Å². The first-order valence-corrected chi connectivity index (χ1v) is 8.54. The number of nitrogens with one attached hydrogen (secondary N) is 2. The van der Waals surface area contributed by atoms with Gasteiger partial charge in [-0.15, -0.1) is 11.3 Å². The summed E-state index contributed by atoms with van der Waals surface area (Å²) < 4.78 is 26.6. The molecule has 0 saturated carbocycles. The molecule has 1 aliphatic carbocycles. The lowest BCUT2D eigenvalue weighted by molar-refractivity contribution is 0.583. The number of hydrogen-bond acceptors (Lipinski definition) is 5. The van der Waals surface area contributed by atoms with Crippen molar-refractivity contribution in [1.82, 2.24) is 10.3 Å². The van der Waals surface area contributed by atoms with Gasteiger partial charge in [-0.3, -0.25) is 4.72 Å². The molecule has 102 valence electrons. The van der Waals surface area contributed by atoms with Gasteiger partial charge in [0.15, 0.2) is 5.13 Å². The summed E-state index contributed by atoms with van der Waals surface area (Å²) in [7, 11) is -1.60. The highest BCUT2D eigenvalue weighted by atomic mass is 32.2. The van der Waals surface area contributed by atoms with Gasteiger partial charge in [0.05, 0.1) is 10.9 Å². The van der Waals surface area contributed by atoms with Crippen LogP contribution in [0.3, 0.4) is 0 Å². The molecule has 0 aromatic carbocycles. The lowest BCUT2D eigenvalue weighted by Gasteiger charge is -2.12. The maximum absolute atomic E-state index is 12.0. The van der Waals surface area contributed by atoms with Gasteiger partial charge in [-0.1, -0.05) is 0 Å². The average Bonchev–Trinajstić information content (AvgIpc) is 2.70. The van der Waals surface area contributed by atoms with Crippen LogP contribution in [0, 0.1) is 0 Å². The number of aromatic nitrogens is 1. The monoisotopic (exact) mass is 289 g/mol. The van der Waals surface area contributed by atoms with Crippen molar-refractivity contribution >= 4 is 26.5 Å². The van der Waals surface area contributed by atoms with Gasteiger partial charge in [0, 0.05) is 11.4 Å². The molecule has 0 spiro atoms. The normalized spacial score (nSPS) is 17.2. The molecule has 18 heavy (non-hydrogen) atoms. The van der Waals surface area contributed by atoms with Gasteiger partial charge in [0.25, 0.3) is 0 Å². The van der Waals surface area contributed by atoms with Gasteiger partial charge in [0.1, 0.15) is 0 Å². The van der Waals surface area contributed by atoms with E-state index in [0.717, 1.165) is 25.0 Å². The number of aryl methyl sites for hydroxylation is 2. The van der Waals surface area contributed by atoms with Crippen LogP contribution in [-0.4, -0.2) is 32.2 Å². The molecular weight excluding hydrogens is 270 g/mol. The minimum atomic E-state index is -3.34. The summed E-state index contributed by atoms with van der Waals surface area (Å²) in [5, 5.41) is 2.92. The number of sulfonamides is 1. The van der Waals surface area contributed by atoms with Crippen molar-refractivity contribution in [2.75, 3.05) is 18.3 Å². The highest BCUT2D eigenvalue weighted by molar-refractivity contribution is 7.93. The quantitative estimate of drug-likeness (QED) is 0.859. The molecule has 1 aromatic rings. The van der Waals surface area contributed by atoms with E-state index in [4.69, 9.17) is 0 Å². The van der Waals surface area contributed by atoms with Crippen LogP contribution < -0.4 is 10.0 Å². The minimum Gasteiger partial charge on any atom is -0.318 e. The summed E-state index contributed by atoms with van der Waals surface area (Å²) in [5.41, 5.74) is 1.07. The predicted molar refractivity (Wildman–Crippen MR) is 74.7 cm³/mol. The molecule has 0 aliphatic heterocycles. The molecule has 1 aliphatic rings. The first-order valence-electron chi connectivity index (χ1n) is 6.17. The maximum Gasteiger partial charge on any atom is 0.238 e. The minimum absolute atomic E-state index is 0.431. The Kier molecular flexibility index (Phi) is 4.24. The molecular formula is C11H19N3O2S2. The lowest BCUT2D eigenvalue weighted by atomic mass is 10.0.